The first-order chi connectivity index (χ1) is 10.4. The molecule has 1 unspecified atom stereocenters. The fourth-order valence-corrected chi connectivity index (χ4v) is 2.73. The maximum absolute atomic E-state index is 5.76. The highest BCUT2D eigenvalue weighted by molar-refractivity contribution is 5.43. The van der Waals surface area contributed by atoms with E-state index in [4.69, 9.17) is 4.74 Å². The summed E-state index contributed by atoms with van der Waals surface area (Å²) in [7, 11) is 0. The molecule has 0 amide bonds. The molecule has 21 heavy (non-hydrogen) atoms. The minimum atomic E-state index is 0.545. The second-order valence-electron chi connectivity index (χ2n) is 5.46. The molecule has 0 spiro atoms. The van der Waals surface area contributed by atoms with Crippen LogP contribution in [-0.2, 0) is 0 Å². The Morgan fingerprint density at radius 2 is 1.71 bits per heavy atom. The van der Waals surface area contributed by atoms with E-state index in [1.165, 1.54) is 12.1 Å². The Kier molecular flexibility index (Phi) is 4.74. The molecule has 3 nitrogen and oxygen atoms in total. The molecule has 0 saturated carbocycles. The van der Waals surface area contributed by atoms with Crippen LogP contribution in [-0.4, -0.2) is 37.2 Å². The average molecular weight is 282 g/mol. The van der Waals surface area contributed by atoms with Crippen LogP contribution in [0.5, 0.6) is 5.75 Å². The van der Waals surface area contributed by atoms with Crippen LogP contribution in [0.25, 0.3) is 0 Å². The Labute approximate surface area is 126 Å². The van der Waals surface area contributed by atoms with Crippen LogP contribution in [0.2, 0.25) is 0 Å². The molecule has 0 radical (unpaired) electrons. The molecule has 1 saturated heterocycles. The van der Waals surface area contributed by atoms with Gasteiger partial charge >= 0.3 is 0 Å². The van der Waals surface area contributed by atoms with Crippen LogP contribution in [0.1, 0.15) is 6.42 Å². The van der Waals surface area contributed by atoms with Crippen molar-refractivity contribution in [3.8, 4) is 5.75 Å². The van der Waals surface area contributed by atoms with Gasteiger partial charge in [0.1, 0.15) is 12.4 Å². The van der Waals surface area contributed by atoms with E-state index in [1.54, 1.807) is 0 Å². The highest BCUT2D eigenvalue weighted by Crippen LogP contribution is 2.15. The zero-order chi connectivity index (χ0) is 14.3. The average Bonchev–Trinajstić information content (AvgIpc) is 2.97. The molecule has 2 aromatic rings. The van der Waals surface area contributed by atoms with Gasteiger partial charge in [0, 0.05) is 31.4 Å². The standard InChI is InChI=1S/C18H22N2O/c1-3-7-16(8-4-1)19-17-11-12-20(15-17)13-14-21-18-9-5-2-6-10-18/h1-10,17,19H,11-15H2. The van der Waals surface area contributed by atoms with Crippen molar-refractivity contribution in [1.29, 1.82) is 0 Å². The monoisotopic (exact) mass is 282 g/mol. The third kappa shape index (κ3) is 4.23. The van der Waals surface area contributed by atoms with Gasteiger partial charge in [0.2, 0.25) is 0 Å². The van der Waals surface area contributed by atoms with Gasteiger partial charge in [-0.25, -0.2) is 0 Å². The van der Waals surface area contributed by atoms with E-state index in [9.17, 15) is 0 Å². The SMILES string of the molecule is c1ccc(NC2CCN(CCOc3ccccc3)C2)cc1. The third-order valence-electron chi connectivity index (χ3n) is 3.84. The smallest absolute Gasteiger partial charge is 0.119 e. The number of ether oxygens (including phenoxy) is 1. The molecule has 1 heterocycles. The van der Waals surface area contributed by atoms with Gasteiger partial charge in [-0.1, -0.05) is 36.4 Å². The number of rotatable bonds is 6. The number of nitrogens with one attached hydrogen (secondary N) is 1. The number of nitrogens with zero attached hydrogens (tertiary/aromatic N) is 1. The Balaban J connectivity index is 1.39. The number of hydrogen-bond acceptors (Lipinski definition) is 3. The molecule has 1 N–H and O–H groups in total. The van der Waals surface area contributed by atoms with Crippen LogP contribution >= 0.6 is 0 Å². The van der Waals surface area contributed by atoms with Crippen molar-refractivity contribution < 1.29 is 4.74 Å². The van der Waals surface area contributed by atoms with Crippen LogP contribution in [0.4, 0.5) is 5.69 Å². The number of para-hydroxylation sites is 2. The lowest BCUT2D eigenvalue weighted by Crippen LogP contribution is -2.29. The van der Waals surface area contributed by atoms with Crippen LogP contribution in [0.3, 0.4) is 0 Å². The van der Waals surface area contributed by atoms with Gasteiger partial charge in [-0.15, -0.1) is 0 Å². The summed E-state index contributed by atoms with van der Waals surface area (Å²) in [5.41, 5.74) is 1.21. The van der Waals surface area contributed by atoms with E-state index < -0.39 is 0 Å². The van der Waals surface area contributed by atoms with Crippen LogP contribution in [0, 0.1) is 0 Å². The lowest BCUT2D eigenvalue weighted by molar-refractivity contribution is 0.237. The number of hydrogen-bond donors (Lipinski definition) is 1. The van der Waals surface area contributed by atoms with Gasteiger partial charge in [0.15, 0.2) is 0 Å². The van der Waals surface area contributed by atoms with Gasteiger partial charge in [0.25, 0.3) is 0 Å². The number of anilines is 1. The van der Waals surface area contributed by atoms with Gasteiger partial charge in [-0.2, -0.15) is 0 Å². The summed E-state index contributed by atoms with van der Waals surface area (Å²) in [5, 5.41) is 3.60. The van der Waals surface area contributed by atoms with E-state index in [0.717, 1.165) is 32.0 Å². The maximum atomic E-state index is 5.76. The summed E-state index contributed by atoms with van der Waals surface area (Å²) >= 11 is 0. The summed E-state index contributed by atoms with van der Waals surface area (Å²) in [6.07, 6.45) is 1.19. The van der Waals surface area contributed by atoms with Gasteiger partial charge in [-0.3, -0.25) is 4.90 Å². The molecule has 3 heteroatoms. The van der Waals surface area contributed by atoms with Crippen molar-refractivity contribution in [3.05, 3.63) is 60.7 Å². The zero-order valence-electron chi connectivity index (χ0n) is 12.2. The van der Waals surface area contributed by atoms with E-state index in [1.807, 2.05) is 36.4 Å². The predicted molar refractivity (Wildman–Crippen MR) is 86.8 cm³/mol. The largest absolute Gasteiger partial charge is 0.492 e. The lowest BCUT2D eigenvalue weighted by atomic mass is 10.2. The van der Waals surface area contributed by atoms with Gasteiger partial charge in [0.05, 0.1) is 0 Å². The summed E-state index contributed by atoms with van der Waals surface area (Å²) < 4.78 is 5.76. The zero-order valence-corrected chi connectivity index (χ0v) is 12.2. The Morgan fingerprint density at radius 3 is 2.48 bits per heavy atom. The maximum Gasteiger partial charge on any atom is 0.119 e. The molecule has 0 aromatic heterocycles. The number of likely N-dealkylation sites (tertiary alicyclic amines) is 1. The first-order valence-corrected chi connectivity index (χ1v) is 7.62. The minimum Gasteiger partial charge on any atom is -0.492 e. The summed E-state index contributed by atoms with van der Waals surface area (Å²) in [5.74, 6) is 0.954. The Bertz CT molecular complexity index is 529. The first kappa shape index (κ1) is 14.0. The molecule has 0 bridgehead atoms. The fourth-order valence-electron chi connectivity index (χ4n) is 2.73. The van der Waals surface area contributed by atoms with Gasteiger partial charge < -0.3 is 10.1 Å². The second-order valence-corrected chi connectivity index (χ2v) is 5.46. The number of benzene rings is 2. The predicted octanol–water partition coefficient (Wildman–Crippen LogP) is 3.25. The molecule has 1 fully saturated rings. The van der Waals surface area contributed by atoms with E-state index in [-0.39, 0.29) is 0 Å². The van der Waals surface area contributed by atoms with Crippen molar-refractivity contribution in [3.63, 3.8) is 0 Å². The molecule has 1 aliphatic heterocycles. The van der Waals surface area contributed by atoms with Crippen molar-refractivity contribution in [2.45, 2.75) is 12.5 Å². The van der Waals surface area contributed by atoms with Crippen LogP contribution < -0.4 is 10.1 Å². The first-order valence-electron chi connectivity index (χ1n) is 7.62. The molecule has 3 rings (SSSR count). The normalized spacial score (nSPS) is 18.6. The molecular formula is C18H22N2O. The quantitative estimate of drug-likeness (QED) is 0.880. The summed E-state index contributed by atoms with van der Waals surface area (Å²) in [6.45, 7) is 3.97. The van der Waals surface area contributed by atoms with Crippen molar-refractivity contribution in [1.82, 2.24) is 4.90 Å². The van der Waals surface area contributed by atoms with E-state index >= 15 is 0 Å². The topological polar surface area (TPSA) is 24.5 Å². The molecule has 2 aromatic carbocycles. The minimum absolute atomic E-state index is 0.545. The molecule has 1 aliphatic rings. The molecular weight excluding hydrogens is 260 g/mol. The molecule has 0 aliphatic carbocycles. The Morgan fingerprint density at radius 1 is 1.00 bits per heavy atom. The van der Waals surface area contributed by atoms with Crippen molar-refractivity contribution >= 4 is 5.69 Å². The van der Waals surface area contributed by atoms with Crippen LogP contribution in [0.15, 0.2) is 60.7 Å². The summed E-state index contributed by atoms with van der Waals surface area (Å²) in [4.78, 5) is 2.46. The molecule has 110 valence electrons. The second kappa shape index (κ2) is 7.14. The van der Waals surface area contributed by atoms with Crippen molar-refractivity contribution in [2.24, 2.45) is 0 Å². The fraction of sp³-hybridized carbons (Fsp3) is 0.333. The van der Waals surface area contributed by atoms with Crippen molar-refractivity contribution in [2.75, 3.05) is 31.6 Å². The lowest BCUT2D eigenvalue weighted by Gasteiger charge is -2.17. The van der Waals surface area contributed by atoms with E-state index in [0.29, 0.717) is 6.04 Å². The third-order valence-corrected chi connectivity index (χ3v) is 3.84. The summed E-state index contributed by atoms with van der Waals surface area (Å²) in [6, 6.07) is 21.0. The molecule has 1 atom stereocenters. The Hall–Kier alpha value is -2.00. The highest BCUT2D eigenvalue weighted by atomic mass is 16.5. The van der Waals surface area contributed by atoms with E-state index in [2.05, 4.69) is 34.5 Å². The highest BCUT2D eigenvalue weighted by Gasteiger charge is 2.21. The van der Waals surface area contributed by atoms with Gasteiger partial charge in [-0.05, 0) is 30.7 Å².